The number of benzene rings is 1. The smallest absolute Gasteiger partial charge is 0.227 e. The standard InChI is InChI=1S/C19H20N4O3/c1-4-10(2)19(25)23-14-8-12(20)17-16-11(9-21-17)7-13(22-18(14)16)15(24)5-6-26-3/h5-10,20,22H,4H2,1-3H3,(H,23,25). The molecule has 0 radical (unpaired) electrons. The Kier molecular flexibility index (Phi) is 4.71. The largest absolute Gasteiger partial charge is 0.504 e. The van der Waals surface area contributed by atoms with Crippen LogP contribution in [-0.2, 0) is 9.53 Å². The normalized spacial score (nSPS) is 12.7. The summed E-state index contributed by atoms with van der Waals surface area (Å²) in [5.74, 6) is -0.553. The lowest BCUT2D eigenvalue weighted by Gasteiger charge is -2.13. The third kappa shape index (κ3) is 3.03. The number of carbonyl (C=O) groups excluding carboxylic acids is 2. The molecule has 3 N–H and O–H groups in total. The van der Waals surface area contributed by atoms with E-state index in [1.807, 2.05) is 13.8 Å². The molecule has 0 aliphatic carbocycles. The summed E-state index contributed by atoms with van der Waals surface area (Å²) in [4.78, 5) is 32.0. The van der Waals surface area contributed by atoms with Crippen molar-refractivity contribution in [2.45, 2.75) is 20.3 Å². The maximum atomic E-state index is 12.3. The fourth-order valence-electron chi connectivity index (χ4n) is 2.74. The van der Waals surface area contributed by atoms with Crippen molar-refractivity contribution in [2.75, 3.05) is 12.4 Å². The highest BCUT2D eigenvalue weighted by Gasteiger charge is 2.18. The van der Waals surface area contributed by atoms with Gasteiger partial charge in [-0.2, -0.15) is 0 Å². The van der Waals surface area contributed by atoms with Gasteiger partial charge in [-0.1, -0.05) is 13.8 Å². The molecule has 1 atom stereocenters. The fraction of sp³-hybridized carbons (Fsp3) is 0.263. The van der Waals surface area contributed by atoms with Gasteiger partial charge in [0.05, 0.1) is 41.1 Å². The van der Waals surface area contributed by atoms with Crippen molar-refractivity contribution in [1.29, 1.82) is 5.41 Å². The average molecular weight is 352 g/mol. The van der Waals surface area contributed by atoms with Gasteiger partial charge in [0, 0.05) is 29.0 Å². The minimum atomic E-state index is -0.263. The summed E-state index contributed by atoms with van der Waals surface area (Å²) in [6, 6.07) is 3.24. The average Bonchev–Trinajstić information content (AvgIpc) is 3.07. The molecule has 3 rings (SSSR count). The molecule has 1 aromatic carbocycles. The molecule has 2 aromatic heterocycles. The lowest BCUT2D eigenvalue weighted by Crippen LogP contribution is -2.21. The Morgan fingerprint density at radius 3 is 2.88 bits per heavy atom. The van der Waals surface area contributed by atoms with Gasteiger partial charge >= 0.3 is 0 Å². The summed E-state index contributed by atoms with van der Waals surface area (Å²) in [7, 11) is 1.46. The summed E-state index contributed by atoms with van der Waals surface area (Å²) >= 11 is 0. The van der Waals surface area contributed by atoms with Crippen molar-refractivity contribution in [2.24, 2.45) is 5.92 Å². The van der Waals surface area contributed by atoms with Crippen molar-refractivity contribution in [1.82, 2.24) is 9.97 Å². The van der Waals surface area contributed by atoms with E-state index in [1.165, 1.54) is 19.4 Å². The van der Waals surface area contributed by atoms with Crippen LogP contribution in [-0.4, -0.2) is 28.8 Å². The van der Waals surface area contributed by atoms with E-state index in [9.17, 15) is 9.59 Å². The van der Waals surface area contributed by atoms with Crippen LogP contribution in [0.3, 0.4) is 0 Å². The van der Waals surface area contributed by atoms with Crippen LogP contribution >= 0.6 is 0 Å². The predicted molar refractivity (Wildman–Crippen MR) is 99.2 cm³/mol. The van der Waals surface area contributed by atoms with Gasteiger partial charge in [-0.15, -0.1) is 0 Å². The first-order valence-corrected chi connectivity index (χ1v) is 8.33. The highest BCUT2D eigenvalue weighted by atomic mass is 16.5. The van der Waals surface area contributed by atoms with Crippen LogP contribution in [0.1, 0.15) is 30.8 Å². The number of anilines is 1. The zero-order chi connectivity index (χ0) is 18.8. The number of H-pyrrole nitrogens is 1. The summed E-state index contributed by atoms with van der Waals surface area (Å²) < 4.78 is 4.80. The van der Waals surface area contributed by atoms with Gasteiger partial charge in [0.1, 0.15) is 0 Å². The van der Waals surface area contributed by atoms with E-state index in [4.69, 9.17) is 10.1 Å². The quantitative estimate of drug-likeness (QED) is 0.360. The van der Waals surface area contributed by atoms with E-state index in [-0.39, 0.29) is 23.0 Å². The molecule has 0 fully saturated rings. The number of rotatable bonds is 6. The van der Waals surface area contributed by atoms with Gasteiger partial charge in [0.25, 0.3) is 0 Å². The van der Waals surface area contributed by atoms with Crippen LogP contribution in [0.4, 0.5) is 5.69 Å². The number of nitrogens with one attached hydrogen (secondary N) is 3. The maximum Gasteiger partial charge on any atom is 0.227 e. The third-order valence-corrected chi connectivity index (χ3v) is 4.42. The Balaban J connectivity index is 2.19. The van der Waals surface area contributed by atoms with Crippen LogP contribution in [0, 0.1) is 11.3 Å². The molecule has 7 nitrogen and oxygen atoms in total. The number of methoxy groups -OCH3 is 1. The van der Waals surface area contributed by atoms with Crippen LogP contribution in [0.25, 0.3) is 21.8 Å². The number of carbonyl (C=O) groups is 2. The second-order valence-electron chi connectivity index (χ2n) is 6.17. The predicted octanol–water partition coefficient (Wildman–Crippen LogP) is 2.96. The first-order valence-electron chi connectivity index (χ1n) is 8.33. The molecule has 134 valence electrons. The van der Waals surface area contributed by atoms with Crippen LogP contribution in [0.2, 0.25) is 0 Å². The molecule has 0 aliphatic heterocycles. The molecule has 3 aromatic rings. The number of hydrogen-bond acceptors (Lipinski definition) is 5. The van der Waals surface area contributed by atoms with Crippen molar-refractivity contribution in [3.05, 3.63) is 41.7 Å². The van der Waals surface area contributed by atoms with Gasteiger partial charge in [-0.3, -0.25) is 20.0 Å². The molecule has 0 aliphatic rings. The number of hydrogen-bond donors (Lipinski definition) is 3. The molecule has 0 saturated carbocycles. The zero-order valence-electron chi connectivity index (χ0n) is 14.8. The number of aromatic amines is 1. The van der Waals surface area contributed by atoms with Gasteiger partial charge in [-0.05, 0) is 18.6 Å². The topological polar surface area (TPSA) is 108 Å². The molecule has 0 saturated heterocycles. The van der Waals surface area contributed by atoms with Gasteiger partial charge < -0.3 is 15.0 Å². The van der Waals surface area contributed by atoms with Crippen LogP contribution in [0.5, 0.6) is 0 Å². The van der Waals surface area contributed by atoms with E-state index in [0.29, 0.717) is 28.8 Å². The third-order valence-electron chi connectivity index (χ3n) is 4.42. The van der Waals surface area contributed by atoms with E-state index < -0.39 is 0 Å². The molecular formula is C19H20N4O3. The zero-order valence-corrected chi connectivity index (χ0v) is 14.8. The van der Waals surface area contributed by atoms with Gasteiger partial charge in [0.15, 0.2) is 0 Å². The molecule has 1 amide bonds. The molecular weight excluding hydrogens is 332 g/mol. The van der Waals surface area contributed by atoms with Crippen LogP contribution < -0.4 is 10.7 Å². The first kappa shape index (κ1) is 17.6. The Bertz CT molecular complexity index is 1070. The molecule has 26 heavy (non-hydrogen) atoms. The number of amides is 1. The Labute approximate surface area is 149 Å². The fourth-order valence-corrected chi connectivity index (χ4v) is 2.74. The number of ketones is 1. The number of nitrogens with zero attached hydrogens (tertiary/aromatic N) is 1. The first-order chi connectivity index (χ1) is 12.5. The summed E-state index contributed by atoms with van der Waals surface area (Å²) in [6.45, 7) is 3.78. The SMILES string of the molecule is CCC(C)C(=O)Nc1cc(=N)c2ncc3cc(C(=O)C=COC)[nH]c1c32. The minimum Gasteiger partial charge on any atom is -0.504 e. The second-order valence-corrected chi connectivity index (χ2v) is 6.17. The van der Waals surface area contributed by atoms with Crippen LogP contribution in [0.15, 0.2) is 30.7 Å². The van der Waals surface area contributed by atoms with Crippen molar-refractivity contribution in [3.8, 4) is 0 Å². The van der Waals surface area contributed by atoms with E-state index >= 15 is 0 Å². The number of aromatic nitrogens is 2. The van der Waals surface area contributed by atoms with Crippen molar-refractivity contribution < 1.29 is 14.3 Å². The van der Waals surface area contributed by atoms with E-state index in [1.54, 1.807) is 18.3 Å². The molecule has 0 spiro atoms. The number of allylic oxidation sites excluding steroid dienone is 1. The maximum absolute atomic E-state index is 12.3. The Hall–Kier alpha value is -3.22. The Morgan fingerprint density at radius 2 is 2.19 bits per heavy atom. The van der Waals surface area contributed by atoms with Crippen molar-refractivity contribution in [3.63, 3.8) is 0 Å². The summed E-state index contributed by atoms with van der Waals surface area (Å²) in [6.07, 6.45) is 4.95. The molecule has 0 bridgehead atoms. The Morgan fingerprint density at radius 1 is 1.42 bits per heavy atom. The molecule has 7 heteroatoms. The minimum absolute atomic E-state index is 0.132. The van der Waals surface area contributed by atoms with E-state index in [0.717, 1.165) is 10.8 Å². The van der Waals surface area contributed by atoms with Crippen molar-refractivity contribution >= 4 is 39.2 Å². The second kappa shape index (κ2) is 6.95. The highest BCUT2D eigenvalue weighted by molar-refractivity contribution is 6.16. The lowest BCUT2D eigenvalue weighted by molar-refractivity contribution is -0.119. The monoisotopic (exact) mass is 352 g/mol. The van der Waals surface area contributed by atoms with Gasteiger partial charge in [-0.25, -0.2) is 0 Å². The summed E-state index contributed by atoms with van der Waals surface area (Å²) in [5, 5.41) is 12.7. The van der Waals surface area contributed by atoms with E-state index in [2.05, 4.69) is 15.3 Å². The van der Waals surface area contributed by atoms with Gasteiger partial charge in [0.2, 0.25) is 11.7 Å². The number of pyridine rings is 1. The highest BCUT2D eigenvalue weighted by Crippen LogP contribution is 2.29. The molecule has 1 unspecified atom stereocenters. The lowest BCUT2D eigenvalue weighted by atomic mass is 10.1. The number of ether oxygens (including phenoxy) is 1. The summed E-state index contributed by atoms with van der Waals surface area (Å²) in [5.41, 5.74) is 1.92. The molecule has 2 heterocycles.